The second kappa shape index (κ2) is 10.5. The number of hydrogen-bond acceptors (Lipinski definition) is 6. The number of unbranched alkanes of at least 4 members (excludes halogenated alkanes) is 1. The standard InChI is InChI=1S/C21H27N3O4/c1-4-5-10-27-21(26)18-8-6-7-9-19(18)23-20(25)17(11-22)14-24-12-15(2)28-16(3)13-24/h6-9,14-16H,4-5,10,12-13H2,1-3H3,(H,23,25)/b17-14-. The Morgan fingerprint density at radius 3 is 2.64 bits per heavy atom. The van der Waals surface area contributed by atoms with Crippen molar-refractivity contribution in [2.75, 3.05) is 25.0 Å². The first-order chi connectivity index (χ1) is 13.4. The van der Waals surface area contributed by atoms with Crippen LogP contribution in [0.4, 0.5) is 5.69 Å². The van der Waals surface area contributed by atoms with Crippen molar-refractivity contribution >= 4 is 17.6 Å². The molecule has 1 N–H and O–H groups in total. The lowest BCUT2D eigenvalue weighted by Gasteiger charge is -2.34. The average molecular weight is 385 g/mol. The summed E-state index contributed by atoms with van der Waals surface area (Å²) >= 11 is 0. The van der Waals surface area contributed by atoms with Crippen molar-refractivity contribution in [3.8, 4) is 6.07 Å². The second-order valence-electron chi connectivity index (χ2n) is 6.85. The predicted octanol–water partition coefficient (Wildman–Crippen LogP) is 3.10. The number of carbonyl (C=O) groups is 2. The van der Waals surface area contributed by atoms with E-state index >= 15 is 0 Å². The second-order valence-corrected chi connectivity index (χ2v) is 6.85. The lowest BCUT2D eigenvalue weighted by molar-refractivity contribution is -0.112. The van der Waals surface area contributed by atoms with Crippen LogP contribution in [-0.2, 0) is 14.3 Å². The van der Waals surface area contributed by atoms with Gasteiger partial charge in [-0.25, -0.2) is 4.79 Å². The monoisotopic (exact) mass is 385 g/mol. The summed E-state index contributed by atoms with van der Waals surface area (Å²) < 4.78 is 10.9. The van der Waals surface area contributed by atoms with E-state index in [1.165, 1.54) is 0 Å². The topological polar surface area (TPSA) is 91.7 Å². The summed E-state index contributed by atoms with van der Waals surface area (Å²) in [5, 5.41) is 12.1. The molecule has 0 aromatic heterocycles. The van der Waals surface area contributed by atoms with E-state index in [2.05, 4.69) is 5.32 Å². The molecule has 0 saturated carbocycles. The Labute approximate surface area is 165 Å². The summed E-state index contributed by atoms with van der Waals surface area (Å²) in [5.41, 5.74) is 0.548. The first-order valence-electron chi connectivity index (χ1n) is 9.53. The molecule has 2 unspecified atom stereocenters. The summed E-state index contributed by atoms with van der Waals surface area (Å²) in [6, 6.07) is 8.55. The largest absolute Gasteiger partial charge is 0.462 e. The van der Waals surface area contributed by atoms with Gasteiger partial charge >= 0.3 is 5.97 Å². The van der Waals surface area contributed by atoms with Crippen molar-refractivity contribution in [2.24, 2.45) is 0 Å². The maximum absolute atomic E-state index is 12.6. The molecule has 1 aliphatic heterocycles. The van der Waals surface area contributed by atoms with Gasteiger partial charge in [0, 0.05) is 19.3 Å². The number of nitrogens with one attached hydrogen (secondary N) is 1. The number of nitrogens with zero attached hydrogens (tertiary/aromatic N) is 2. The van der Waals surface area contributed by atoms with Crippen LogP contribution in [0.1, 0.15) is 44.0 Å². The van der Waals surface area contributed by atoms with E-state index in [1.54, 1.807) is 30.5 Å². The van der Waals surface area contributed by atoms with Crippen LogP contribution in [0.2, 0.25) is 0 Å². The maximum Gasteiger partial charge on any atom is 0.340 e. The van der Waals surface area contributed by atoms with Crippen LogP contribution in [0.15, 0.2) is 36.0 Å². The van der Waals surface area contributed by atoms with Crippen LogP contribution in [0.5, 0.6) is 0 Å². The molecule has 0 aliphatic carbocycles. The minimum absolute atomic E-state index is 0.0154. The summed E-state index contributed by atoms with van der Waals surface area (Å²) in [6.45, 7) is 7.43. The van der Waals surface area contributed by atoms with Gasteiger partial charge in [0.1, 0.15) is 11.6 Å². The summed E-state index contributed by atoms with van der Waals surface area (Å²) in [4.78, 5) is 26.8. The van der Waals surface area contributed by atoms with Crippen molar-refractivity contribution in [1.82, 2.24) is 4.90 Å². The number of anilines is 1. The van der Waals surface area contributed by atoms with Crippen LogP contribution in [0, 0.1) is 11.3 Å². The Morgan fingerprint density at radius 2 is 2.00 bits per heavy atom. The number of morpholine rings is 1. The third-order valence-corrected chi connectivity index (χ3v) is 4.25. The van der Waals surface area contributed by atoms with Crippen LogP contribution >= 0.6 is 0 Å². The highest BCUT2D eigenvalue weighted by molar-refractivity contribution is 6.09. The van der Waals surface area contributed by atoms with Crippen LogP contribution in [0.25, 0.3) is 0 Å². The minimum atomic E-state index is -0.567. The Kier molecular flexibility index (Phi) is 8.02. The zero-order valence-corrected chi connectivity index (χ0v) is 16.6. The van der Waals surface area contributed by atoms with E-state index in [0.717, 1.165) is 12.8 Å². The summed E-state index contributed by atoms with van der Waals surface area (Å²) in [5.74, 6) is -1.06. The van der Waals surface area contributed by atoms with Gasteiger partial charge in [-0.05, 0) is 32.4 Å². The first-order valence-corrected chi connectivity index (χ1v) is 9.53. The van der Waals surface area contributed by atoms with E-state index in [9.17, 15) is 14.9 Å². The van der Waals surface area contributed by atoms with E-state index in [0.29, 0.717) is 25.4 Å². The zero-order valence-electron chi connectivity index (χ0n) is 16.6. The zero-order chi connectivity index (χ0) is 20.5. The molecule has 0 bridgehead atoms. The highest BCUT2D eigenvalue weighted by atomic mass is 16.5. The molecule has 150 valence electrons. The molecule has 0 radical (unpaired) electrons. The fourth-order valence-electron chi connectivity index (χ4n) is 2.99. The molecule has 28 heavy (non-hydrogen) atoms. The molecule has 1 aromatic rings. The number of esters is 1. The minimum Gasteiger partial charge on any atom is -0.462 e. The molecule has 1 saturated heterocycles. The number of nitriles is 1. The van der Waals surface area contributed by atoms with Crippen molar-refractivity contribution < 1.29 is 19.1 Å². The number of benzene rings is 1. The highest BCUT2D eigenvalue weighted by Gasteiger charge is 2.22. The van der Waals surface area contributed by atoms with Gasteiger partial charge < -0.3 is 19.7 Å². The van der Waals surface area contributed by atoms with E-state index in [4.69, 9.17) is 9.47 Å². The lowest BCUT2D eigenvalue weighted by Crippen LogP contribution is -2.43. The first kappa shape index (κ1) is 21.5. The van der Waals surface area contributed by atoms with Gasteiger partial charge in [-0.2, -0.15) is 5.26 Å². The van der Waals surface area contributed by atoms with E-state index in [1.807, 2.05) is 31.7 Å². The third-order valence-electron chi connectivity index (χ3n) is 4.25. The highest BCUT2D eigenvalue weighted by Crippen LogP contribution is 2.18. The fourth-order valence-corrected chi connectivity index (χ4v) is 2.99. The summed E-state index contributed by atoms with van der Waals surface area (Å²) in [6.07, 6.45) is 3.27. The van der Waals surface area contributed by atoms with Gasteiger partial charge in [0.05, 0.1) is 30.1 Å². The fraction of sp³-hybridized carbons (Fsp3) is 0.476. The Balaban J connectivity index is 2.11. The molecule has 1 amide bonds. The Hall–Kier alpha value is -2.85. The van der Waals surface area contributed by atoms with Crippen LogP contribution in [0.3, 0.4) is 0 Å². The molecule has 7 nitrogen and oxygen atoms in total. The Morgan fingerprint density at radius 1 is 1.32 bits per heavy atom. The van der Waals surface area contributed by atoms with Crippen LogP contribution < -0.4 is 5.32 Å². The van der Waals surface area contributed by atoms with Crippen molar-refractivity contribution in [3.05, 3.63) is 41.6 Å². The molecular formula is C21H27N3O4. The smallest absolute Gasteiger partial charge is 0.340 e. The van der Waals surface area contributed by atoms with Gasteiger partial charge in [0.25, 0.3) is 5.91 Å². The molecule has 7 heteroatoms. The maximum atomic E-state index is 12.6. The molecule has 1 fully saturated rings. The molecule has 1 heterocycles. The number of rotatable bonds is 7. The number of ether oxygens (including phenoxy) is 2. The quantitative estimate of drug-likeness (QED) is 0.336. The van der Waals surface area contributed by atoms with Crippen molar-refractivity contribution in [1.29, 1.82) is 5.26 Å². The number of hydrogen-bond donors (Lipinski definition) is 1. The molecular weight excluding hydrogens is 358 g/mol. The summed E-state index contributed by atoms with van der Waals surface area (Å²) in [7, 11) is 0. The predicted molar refractivity (Wildman–Crippen MR) is 106 cm³/mol. The molecule has 1 aromatic carbocycles. The number of carbonyl (C=O) groups excluding carboxylic acids is 2. The number of amides is 1. The van der Waals surface area contributed by atoms with Gasteiger partial charge in [0.2, 0.25) is 0 Å². The van der Waals surface area contributed by atoms with E-state index in [-0.39, 0.29) is 23.3 Å². The molecule has 0 spiro atoms. The van der Waals surface area contributed by atoms with Gasteiger partial charge in [0.15, 0.2) is 0 Å². The molecule has 2 atom stereocenters. The van der Waals surface area contributed by atoms with Gasteiger partial charge in [-0.3, -0.25) is 4.79 Å². The lowest BCUT2D eigenvalue weighted by atomic mass is 10.1. The SMILES string of the molecule is CCCCOC(=O)c1ccccc1NC(=O)/C(C#N)=C\N1CC(C)OC(C)C1. The van der Waals surface area contributed by atoms with E-state index < -0.39 is 11.9 Å². The average Bonchev–Trinajstić information content (AvgIpc) is 2.65. The number of para-hydroxylation sites is 1. The van der Waals surface area contributed by atoms with Crippen molar-refractivity contribution in [2.45, 2.75) is 45.8 Å². The molecule has 2 rings (SSSR count). The van der Waals surface area contributed by atoms with Crippen molar-refractivity contribution in [3.63, 3.8) is 0 Å². The van der Waals surface area contributed by atoms with Crippen LogP contribution in [-0.4, -0.2) is 48.7 Å². The van der Waals surface area contributed by atoms with Gasteiger partial charge in [-0.15, -0.1) is 0 Å². The Bertz CT molecular complexity index is 759. The molecule has 1 aliphatic rings. The normalized spacial score (nSPS) is 19.6. The van der Waals surface area contributed by atoms with Gasteiger partial charge in [-0.1, -0.05) is 25.5 Å². The third kappa shape index (κ3) is 6.10.